The van der Waals surface area contributed by atoms with E-state index in [9.17, 15) is 38.4 Å². The summed E-state index contributed by atoms with van der Waals surface area (Å²) in [5, 5.41) is 44.1. The molecule has 34 heavy (non-hydrogen) atoms. The molecule has 0 heterocycles. The largest absolute Gasteiger partial charge is 0.481 e. The zero-order chi connectivity index (χ0) is 26.6. The van der Waals surface area contributed by atoms with Gasteiger partial charge in [-0.3, -0.25) is 38.4 Å². The highest BCUT2D eigenvalue weighted by molar-refractivity contribution is 5.98. The van der Waals surface area contributed by atoms with Gasteiger partial charge in [0.15, 0.2) is 5.78 Å². The Bertz CT molecular complexity index is 843. The van der Waals surface area contributed by atoms with Crippen molar-refractivity contribution in [1.29, 1.82) is 0 Å². The number of Topliss-reactive ketones (excluding diaryl/α,β-unsaturated/α-hetero) is 1. The van der Waals surface area contributed by atoms with E-state index in [2.05, 4.69) is 5.32 Å². The Labute approximate surface area is 192 Å². The van der Waals surface area contributed by atoms with Crippen LogP contribution in [0.3, 0.4) is 0 Å². The molecule has 0 aromatic heterocycles. The minimum absolute atomic E-state index is 0.705. The Balaban J connectivity index is 5.66. The number of aliphatic carboxylic acids is 4. The lowest BCUT2D eigenvalue weighted by molar-refractivity contribution is -0.144. The molecule has 8 N–H and O–H groups in total. The van der Waals surface area contributed by atoms with E-state index in [4.69, 9.17) is 20.4 Å². The van der Waals surface area contributed by atoms with E-state index in [0.717, 1.165) is 6.92 Å². The van der Waals surface area contributed by atoms with Crippen LogP contribution in [-0.4, -0.2) is 99.0 Å². The Morgan fingerprint density at radius 2 is 0.794 bits per heavy atom. The first kappa shape index (κ1) is 29.9. The summed E-state index contributed by atoms with van der Waals surface area (Å²) in [6, 6.07) is -6.57. The molecule has 0 saturated heterocycles. The summed E-state index contributed by atoms with van der Waals surface area (Å²) < 4.78 is 0. The van der Waals surface area contributed by atoms with Crippen molar-refractivity contribution in [2.24, 2.45) is 0 Å². The van der Waals surface area contributed by atoms with Crippen LogP contribution >= 0.6 is 0 Å². The van der Waals surface area contributed by atoms with Gasteiger partial charge in [-0.1, -0.05) is 0 Å². The van der Waals surface area contributed by atoms with Crippen molar-refractivity contribution < 1.29 is 58.8 Å². The summed E-state index contributed by atoms with van der Waals surface area (Å²) in [4.78, 5) is 92.8. The summed E-state index contributed by atoms with van der Waals surface area (Å²) in [5.41, 5.74) is 0. The average molecular weight is 490 g/mol. The monoisotopic (exact) mass is 490 g/mol. The average Bonchev–Trinajstić information content (AvgIpc) is 2.68. The van der Waals surface area contributed by atoms with Gasteiger partial charge in [-0.25, -0.2) is 0 Å². The molecule has 0 saturated carbocycles. The molecule has 0 fully saturated rings. The van der Waals surface area contributed by atoms with Crippen molar-refractivity contribution >= 4 is 47.4 Å². The Morgan fingerprint density at radius 3 is 1.09 bits per heavy atom. The maximum atomic E-state index is 12.6. The molecule has 190 valence electrons. The number of amides is 3. The van der Waals surface area contributed by atoms with Crippen molar-refractivity contribution in [2.45, 2.75) is 56.8 Å². The summed E-state index contributed by atoms with van der Waals surface area (Å²) in [6.45, 7) is 0.979. The summed E-state index contributed by atoms with van der Waals surface area (Å²) in [5.74, 6) is -10.3. The molecule has 3 amide bonds. The van der Waals surface area contributed by atoms with E-state index >= 15 is 0 Å². The molecule has 0 aliphatic heterocycles. The van der Waals surface area contributed by atoms with Gasteiger partial charge in [-0.05, 0) is 14.0 Å². The van der Waals surface area contributed by atoms with Crippen molar-refractivity contribution in [1.82, 2.24) is 21.3 Å². The predicted octanol–water partition coefficient (Wildman–Crippen LogP) is -3.48. The second kappa shape index (κ2) is 14.1. The van der Waals surface area contributed by atoms with Crippen LogP contribution in [0.5, 0.6) is 0 Å². The van der Waals surface area contributed by atoms with Crippen molar-refractivity contribution in [3.8, 4) is 0 Å². The highest BCUT2D eigenvalue weighted by Gasteiger charge is 2.33. The lowest BCUT2D eigenvalue weighted by Gasteiger charge is -2.24. The minimum atomic E-state index is -1.87. The molecule has 0 aromatic carbocycles. The van der Waals surface area contributed by atoms with Crippen LogP contribution in [0.15, 0.2) is 0 Å². The van der Waals surface area contributed by atoms with Gasteiger partial charge in [0.05, 0.1) is 37.8 Å². The number of hydrogen-bond donors (Lipinski definition) is 8. The Hall–Kier alpha value is -4.08. The van der Waals surface area contributed by atoms with Crippen LogP contribution in [0.1, 0.15) is 32.6 Å². The van der Waals surface area contributed by atoms with E-state index in [1.807, 2.05) is 16.0 Å². The number of carbonyl (C=O) groups is 8. The van der Waals surface area contributed by atoms with E-state index < -0.39 is 97.2 Å². The molecule has 4 atom stereocenters. The van der Waals surface area contributed by atoms with Gasteiger partial charge in [0, 0.05) is 0 Å². The molecule has 16 heteroatoms. The highest BCUT2D eigenvalue weighted by Crippen LogP contribution is 2.03. The molecule has 0 rings (SSSR count). The van der Waals surface area contributed by atoms with Gasteiger partial charge in [-0.2, -0.15) is 0 Å². The number of ketones is 1. The second-order valence-corrected chi connectivity index (χ2v) is 7.03. The maximum Gasteiger partial charge on any atom is 0.305 e. The lowest BCUT2D eigenvalue weighted by Crippen LogP contribution is -2.58. The molecule has 4 unspecified atom stereocenters. The molecular weight excluding hydrogens is 464 g/mol. The molecule has 0 aromatic rings. The van der Waals surface area contributed by atoms with Gasteiger partial charge in [0.1, 0.15) is 12.1 Å². The number of rotatable bonds is 16. The standard InChI is InChI=1S/C18H26N4O12/c1-7(23)8(3-12(24)25)20-17(33)10(5-14(28)29)22-18(34)11(6-15(30)31)21-16(32)9(19-2)4-13(26)27/h8-11,19H,3-6H2,1-2H3,(H,20,33)(H,21,32)(H,22,34)(H,24,25)(H,26,27)(H,28,29)(H,30,31). The van der Waals surface area contributed by atoms with Crippen LogP contribution < -0.4 is 21.3 Å². The maximum absolute atomic E-state index is 12.6. The van der Waals surface area contributed by atoms with Crippen LogP contribution in [0.4, 0.5) is 0 Å². The van der Waals surface area contributed by atoms with Crippen LogP contribution in [0.25, 0.3) is 0 Å². The fourth-order valence-electron chi connectivity index (χ4n) is 2.56. The van der Waals surface area contributed by atoms with E-state index in [-0.39, 0.29) is 0 Å². The summed E-state index contributed by atoms with van der Waals surface area (Å²) in [7, 11) is 1.25. The van der Waals surface area contributed by atoms with Crippen molar-refractivity contribution in [3.05, 3.63) is 0 Å². The topological polar surface area (TPSA) is 266 Å². The first-order valence-electron chi connectivity index (χ1n) is 9.63. The summed E-state index contributed by atoms with van der Waals surface area (Å²) in [6.07, 6.45) is -3.55. The van der Waals surface area contributed by atoms with Crippen LogP contribution in [0, 0.1) is 0 Å². The number of likely N-dealkylation sites (N-methyl/N-ethyl adjacent to an activating group) is 1. The smallest absolute Gasteiger partial charge is 0.305 e. The van der Waals surface area contributed by atoms with E-state index in [1.165, 1.54) is 7.05 Å². The van der Waals surface area contributed by atoms with Crippen molar-refractivity contribution in [2.75, 3.05) is 7.05 Å². The molecule has 0 aliphatic rings. The SMILES string of the molecule is CNC(CC(=O)O)C(=O)NC(CC(=O)O)C(=O)NC(CC(=O)O)C(=O)NC(CC(=O)O)C(C)=O. The fraction of sp³-hybridized carbons (Fsp3) is 0.556. The zero-order valence-corrected chi connectivity index (χ0v) is 18.2. The normalized spacial score (nSPS) is 13.9. The summed E-state index contributed by atoms with van der Waals surface area (Å²) >= 11 is 0. The highest BCUT2D eigenvalue weighted by atomic mass is 16.4. The predicted molar refractivity (Wildman–Crippen MR) is 108 cm³/mol. The zero-order valence-electron chi connectivity index (χ0n) is 18.2. The van der Waals surface area contributed by atoms with E-state index in [1.54, 1.807) is 0 Å². The van der Waals surface area contributed by atoms with Crippen molar-refractivity contribution in [3.63, 3.8) is 0 Å². The van der Waals surface area contributed by atoms with Gasteiger partial charge in [0.2, 0.25) is 17.7 Å². The third-order valence-corrected chi connectivity index (χ3v) is 4.25. The quantitative estimate of drug-likeness (QED) is 0.105. The lowest BCUT2D eigenvalue weighted by atomic mass is 10.1. The van der Waals surface area contributed by atoms with Crippen LogP contribution in [-0.2, 0) is 38.4 Å². The minimum Gasteiger partial charge on any atom is -0.481 e. The first-order valence-corrected chi connectivity index (χ1v) is 9.63. The molecule has 0 aliphatic carbocycles. The molecule has 0 bridgehead atoms. The third-order valence-electron chi connectivity index (χ3n) is 4.25. The third kappa shape index (κ3) is 11.5. The Kier molecular flexibility index (Phi) is 12.4. The molecule has 0 spiro atoms. The number of carbonyl (C=O) groups excluding carboxylic acids is 4. The number of carboxylic acids is 4. The van der Waals surface area contributed by atoms with Gasteiger partial charge in [0.25, 0.3) is 0 Å². The number of hydrogen-bond acceptors (Lipinski definition) is 9. The van der Waals surface area contributed by atoms with Gasteiger partial charge < -0.3 is 41.7 Å². The van der Waals surface area contributed by atoms with Crippen LogP contribution in [0.2, 0.25) is 0 Å². The van der Waals surface area contributed by atoms with Gasteiger partial charge >= 0.3 is 23.9 Å². The number of carboxylic acid groups (broad SMARTS) is 4. The second-order valence-electron chi connectivity index (χ2n) is 7.03. The molecular formula is C18H26N4O12. The molecule has 16 nitrogen and oxygen atoms in total. The fourth-order valence-corrected chi connectivity index (χ4v) is 2.56. The first-order chi connectivity index (χ1) is 15.7. The number of nitrogens with one attached hydrogen (secondary N) is 4. The van der Waals surface area contributed by atoms with Gasteiger partial charge in [-0.15, -0.1) is 0 Å². The van der Waals surface area contributed by atoms with E-state index in [0.29, 0.717) is 0 Å². The Morgan fingerprint density at radius 1 is 0.529 bits per heavy atom. The molecule has 0 radical (unpaired) electrons.